The summed E-state index contributed by atoms with van der Waals surface area (Å²) in [5.74, 6) is 0.388. The number of Topliss-reactive ketones (excluding diaryl/α,β-unsaturated/α-hetero) is 1. The second-order valence-corrected chi connectivity index (χ2v) is 6.43. The molecular weight excluding hydrogens is 348 g/mol. The maximum Gasteiger partial charge on any atom is 0.339 e. The summed E-state index contributed by atoms with van der Waals surface area (Å²) in [6, 6.07) is 8.67. The molecule has 6 nitrogen and oxygen atoms in total. The van der Waals surface area contributed by atoms with Crippen molar-refractivity contribution >= 4 is 11.8 Å². The number of carbonyl (C=O) groups is 2. The number of carbonyl (C=O) groups excluding carboxylic acids is 2. The number of ketones is 1. The first-order valence-electron chi connectivity index (χ1n) is 8.70. The summed E-state index contributed by atoms with van der Waals surface area (Å²) >= 11 is 0. The Labute approximate surface area is 158 Å². The fourth-order valence-electron chi connectivity index (χ4n) is 2.89. The van der Waals surface area contributed by atoms with E-state index in [0.717, 1.165) is 11.1 Å². The zero-order valence-corrected chi connectivity index (χ0v) is 15.8. The molecule has 6 heteroatoms. The summed E-state index contributed by atoms with van der Waals surface area (Å²) in [6.45, 7) is 6.13. The van der Waals surface area contributed by atoms with Crippen molar-refractivity contribution in [1.82, 2.24) is 0 Å². The minimum atomic E-state index is -0.919. The molecule has 1 aliphatic rings. The molecule has 27 heavy (non-hydrogen) atoms. The van der Waals surface area contributed by atoms with E-state index in [9.17, 15) is 9.59 Å². The molecule has 1 aliphatic heterocycles. The van der Waals surface area contributed by atoms with Crippen LogP contribution in [0.4, 0.5) is 0 Å². The molecular formula is C21H22O6. The number of ether oxygens (including phenoxy) is 4. The van der Waals surface area contributed by atoms with E-state index in [1.165, 1.54) is 19.2 Å². The first-order chi connectivity index (χ1) is 12.9. The van der Waals surface area contributed by atoms with E-state index in [4.69, 9.17) is 18.9 Å². The first kappa shape index (κ1) is 18.8. The Hall–Kier alpha value is -3.02. The minimum absolute atomic E-state index is 0.233. The molecule has 0 bridgehead atoms. The molecule has 2 aromatic rings. The van der Waals surface area contributed by atoms with Gasteiger partial charge in [-0.25, -0.2) is 4.79 Å². The van der Waals surface area contributed by atoms with Crippen LogP contribution in [0.5, 0.6) is 17.2 Å². The number of esters is 1. The van der Waals surface area contributed by atoms with Gasteiger partial charge in [-0.15, -0.1) is 0 Å². The smallest absolute Gasteiger partial charge is 0.339 e. The lowest BCUT2D eigenvalue weighted by molar-refractivity contribution is 0.0317. The van der Waals surface area contributed by atoms with Gasteiger partial charge in [-0.1, -0.05) is 17.7 Å². The van der Waals surface area contributed by atoms with Crippen LogP contribution >= 0.6 is 0 Å². The van der Waals surface area contributed by atoms with Crippen LogP contribution in [0.2, 0.25) is 0 Å². The Morgan fingerprint density at radius 1 is 1.07 bits per heavy atom. The summed E-state index contributed by atoms with van der Waals surface area (Å²) in [5, 5.41) is 0. The maximum absolute atomic E-state index is 12.7. The molecule has 1 heterocycles. The molecule has 142 valence electrons. The average molecular weight is 370 g/mol. The second kappa shape index (κ2) is 7.70. The SMILES string of the molecule is COc1cc(C(=O)O[C@H](C)C(=O)c2cc(C)ccc2C)cc2c1OCCO2. The molecule has 0 fully saturated rings. The Morgan fingerprint density at radius 2 is 1.81 bits per heavy atom. The lowest BCUT2D eigenvalue weighted by Crippen LogP contribution is -2.25. The Balaban J connectivity index is 1.80. The summed E-state index contributed by atoms with van der Waals surface area (Å²) < 4.78 is 21.7. The van der Waals surface area contributed by atoms with E-state index in [1.54, 1.807) is 13.0 Å². The van der Waals surface area contributed by atoms with Crippen LogP contribution in [0.15, 0.2) is 30.3 Å². The topological polar surface area (TPSA) is 71.1 Å². The van der Waals surface area contributed by atoms with Crippen LogP contribution in [0.25, 0.3) is 0 Å². The number of methoxy groups -OCH3 is 1. The fourth-order valence-corrected chi connectivity index (χ4v) is 2.89. The predicted molar refractivity (Wildman–Crippen MR) is 99.1 cm³/mol. The summed E-state index contributed by atoms with van der Waals surface area (Å²) in [7, 11) is 1.48. The molecule has 0 unspecified atom stereocenters. The van der Waals surface area contributed by atoms with Crippen LogP contribution in [0.1, 0.15) is 38.8 Å². The van der Waals surface area contributed by atoms with E-state index in [1.807, 2.05) is 26.0 Å². The quantitative estimate of drug-likeness (QED) is 0.592. The summed E-state index contributed by atoms with van der Waals surface area (Å²) in [4.78, 5) is 25.3. The van der Waals surface area contributed by atoms with Gasteiger partial charge in [0.2, 0.25) is 11.5 Å². The van der Waals surface area contributed by atoms with Gasteiger partial charge in [0.1, 0.15) is 13.2 Å². The summed E-state index contributed by atoms with van der Waals surface area (Å²) in [6.07, 6.45) is -0.919. The number of benzene rings is 2. The highest BCUT2D eigenvalue weighted by molar-refractivity contribution is 6.02. The third kappa shape index (κ3) is 3.89. The Morgan fingerprint density at radius 3 is 2.56 bits per heavy atom. The van der Waals surface area contributed by atoms with Gasteiger partial charge in [0.05, 0.1) is 12.7 Å². The van der Waals surface area contributed by atoms with Gasteiger partial charge >= 0.3 is 5.97 Å². The molecule has 0 aromatic heterocycles. The number of aryl methyl sites for hydroxylation is 2. The normalized spacial score (nSPS) is 13.6. The van der Waals surface area contributed by atoms with Crippen LogP contribution in [0.3, 0.4) is 0 Å². The van der Waals surface area contributed by atoms with E-state index >= 15 is 0 Å². The molecule has 0 radical (unpaired) electrons. The lowest BCUT2D eigenvalue weighted by Gasteiger charge is -2.21. The van der Waals surface area contributed by atoms with Crippen molar-refractivity contribution in [2.75, 3.05) is 20.3 Å². The van der Waals surface area contributed by atoms with Crippen LogP contribution in [-0.2, 0) is 4.74 Å². The number of rotatable bonds is 5. The monoisotopic (exact) mass is 370 g/mol. The maximum atomic E-state index is 12.7. The average Bonchev–Trinajstić information content (AvgIpc) is 2.68. The van der Waals surface area contributed by atoms with Gasteiger partial charge in [0.15, 0.2) is 17.6 Å². The van der Waals surface area contributed by atoms with Crippen molar-refractivity contribution < 1.29 is 28.5 Å². The summed E-state index contributed by atoms with van der Waals surface area (Å²) in [5.41, 5.74) is 2.60. The third-order valence-corrected chi connectivity index (χ3v) is 4.38. The van der Waals surface area contributed by atoms with Crippen LogP contribution < -0.4 is 14.2 Å². The largest absolute Gasteiger partial charge is 0.493 e. The second-order valence-electron chi connectivity index (χ2n) is 6.43. The molecule has 3 rings (SSSR count). The number of fused-ring (bicyclic) bond motifs is 1. The van der Waals surface area contributed by atoms with Crippen LogP contribution in [0, 0.1) is 13.8 Å². The van der Waals surface area contributed by atoms with Gasteiger partial charge in [0, 0.05) is 5.56 Å². The lowest BCUT2D eigenvalue weighted by atomic mass is 9.99. The van der Waals surface area contributed by atoms with Crippen LogP contribution in [-0.4, -0.2) is 38.2 Å². The van der Waals surface area contributed by atoms with Gasteiger partial charge in [-0.2, -0.15) is 0 Å². The number of hydrogen-bond donors (Lipinski definition) is 0. The predicted octanol–water partition coefficient (Wildman–Crippen LogP) is 3.51. The molecule has 0 N–H and O–H groups in total. The highest BCUT2D eigenvalue weighted by atomic mass is 16.6. The zero-order chi connectivity index (χ0) is 19.6. The Kier molecular flexibility index (Phi) is 5.35. The fraction of sp³-hybridized carbons (Fsp3) is 0.333. The minimum Gasteiger partial charge on any atom is -0.493 e. The van der Waals surface area contributed by atoms with Crippen molar-refractivity contribution in [1.29, 1.82) is 0 Å². The number of hydrogen-bond acceptors (Lipinski definition) is 6. The zero-order valence-electron chi connectivity index (χ0n) is 15.8. The molecule has 0 saturated heterocycles. The van der Waals surface area contributed by atoms with E-state index in [-0.39, 0.29) is 11.3 Å². The van der Waals surface area contributed by atoms with E-state index in [0.29, 0.717) is 36.0 Å². The first-order valence-corrected chi connectivity index (χ1v) is 8.70. The molecule has 2 aromatic carbocycles. The van der Waals surface area contributed by atoms with Crippen molar-refractivity contribution in [2.45, 2.75) is 26.9 Å². The highest BCUT2D eigenvalue weighted by Gasteiger charge is 2.25. The Bertz CT molecular complexity index is 869. The standard InChI is InChI=1S/C21H22O6/c1-12-5-6-13(2)16(9-12)19(22)14(3)27-21(23)15-10-17(24-4)20-18(11-15)25-7-8-26-20/h5-6,9-11,14H,7-8H2,1-4H3/t14-/m1/s1. The molecule has 0 spiro atoms. The molecule has 0 aliphatic carbocycles. The molecule has 1 atom stereocenters. The molecule has 0 amide bonds. The van der Waals surface area contributed by atoms with Gasteiger partial charge in [0.25, 0.3) is 0 Å². The van der Waals surface area contributed by atoms with Crippen molar-refractivity contribution in [3.05, 3.63) is 52.6 Å². The van der Waals surface area contributed by atoms with Crippen molar-refractivity contribution in [3.63, 3.8) is 0 Å². The van der Waals surface area contributed by atoms with Crippen molar-refractivity contribution in [3.8, 4) is 17.2 Å². The van der Waals surface area contributed by atoms with E-state index in [2.05, 4.69) is 0 Å². The third-order valence-electron chi connectivity index (χ3n) is 4.38. The van der Waals surface area contributed by atoms with Crippen molar-refractivity contribution in [2.24, 2.45) is 0 Å². The van der Waals surface area contributed by atoms with Gasteiger partial charge in [-0.05, 0) is 44.5 Å². The van der Waals surface area contributed by atoms with Gasteiger partial charge < -0.3 is 18.9 Å². The molecule has 0 saturated carbocycles. The van der Waals surface area contributed by atoms with E-state index < -0.39 is 12.1 Å². The van der Waals surface area contributed by atoms with Gasteiger partial charge in [-0.3, -0.25) is 4.79 Å². The highest BCUT2D eigenvalue weighted by Crippen LogP contribution is 2.40.